The number of likely N-dealkylation sites (tertiary alicyclic amines) is 1. The fourth-order valence-corrected chi connectivity index (χ4v) is 2.12. The Labute approximate surface area is 99.9 Å². The number of benzene rings is 1. The summed E-state index contributed by atoms with van der Waals surface area (Å²) in [6, 6.07) is 6.00. The third kappa shape index (κ3) is 2.47. The molecule has 1 N–H and O–H groups in total. The van der Waals surface area contributed by atoms with Gasteiger partial charge in [-0.05, 0) is 24.5 Å². The lowest BCUT2D eigenvalue weighted by Crippen LogP contribution is -2.45. The molecule has 1 heterocycles. The van der Waals surface area contributed by atoms with E-state index in [1.807, 2.05) is 6.92 Å². The minimum absolute atomic E-state index is 0.0412. The van der Waals surface area contributed by atoms with Gasteiger partial charge in [0.05, 0.1) is 11.7 Å². The lowest BCUT2D eigenvalue weighted by molar-refractivity contribution is 0.0295. The van der Waals surface area contributed by atoms with Gasteiger partial charge < -0.3 is 10.0 Å². The van der Waals surface area contributed by atoms with Crippen LogP contribution in [0.5, 0.6) is 0 Å². The molecular weight excluding hydrogens is 221 g/mol. The number of aliphatic hydroxyl groups excluding tert-OH is 1. The van der Waals surface area contributed by atoms with E-state index in [0.29, 0.717) is 19.5 Å². The van der Waals surface area contributed by atoms with Crippen molar-refractivity contribution in [2.75, 3.05) is 13.1 Å². The van der Waals surface area contributed by atoms with Gasteiger partial charge in [-0.3, -0.25) is 4.79 Å². The van der Waals surface area contributed by atoms with E-state index in [0.717, 1.165) is 0 Å². The highest BCUT2D eigenvalue weighted by atomic mass is 19.1. The molecule has 1 amide bonds. The fraction of sp³-hybridized carbons (Fsp3) is 0.462. The molecule has 92 valence electrons. The molecule has 1 aromatic rings. The Morgan fingerprint density at radius 1 is 1.47 bits per heavy atom. The van der Waals surface area contributed by atoms with Crippen molar-refractivity contribution in [3.05, 3.63) is 35.6 Å². The molecule has 2 rings (SSSR count). The number of amides is 1. The standard InChI is InChI=1S/C13H16FNO2/c1-9-8-15(7-6-12(9)16)13(17)10-4-2-3-5-11(10)14/h2-5,9,12,16H,6-8H2,1H3. The van der Waals surface area contributed by atoms with Crippen LogP contribution in [0.2, 0.25) is 0 Å². The molecule has 0 saturated carbocycles. The molecule has 0 aliphatic carbocycles. The lowest BCUT2D eigenvalue weighted by atomic mass is 9.96. The van der Waals surface area contributed by atoms with Crippen LogP contribution in [0, 0.1) is 11.7 Å². The van der Waals surface area contributed by atoms with Crippen molar-refractivity contribution in [3.63, 3.8) is 0 Å². The monoisotopic (exact) mass is 237 g/mol. The topological polar surface area (TPSA) is 40.5 Å². The SMILES string of the molecule is CC1CN(C(=O)c2ccccc2F)CCC1O. The van der Waals surface area contributed by atoms with Gasteiger partial charge in [-0.25, -0.2) is 4.39 Å². The molecule has 1 aromatic carbocycles. The van der Waals surface area contributed by atoms with Crippen LogP contribution in [0.15, 0.2) is 24.3 Å². The van der Waals surface area contributed by atoms with Crippen molar-refractivity contribution in [3.8, 4) is 0 Å². The van der Waals surface area contributed by atoms with Gasteiger partial charge in [-0.2, -0.15) is 0 Å². The van der Waals surface area contributed by atoms with Crippen molar-refractivity contribution < 1.29 is 14.3 Å². The molecule has 2 unspecified atom stereocenters. The maximum atomic E-state index is 13.5. The average molecular weight is 237 g/mol. The average Bonchev–Trinajstić information content (AvgIpc) is 2.32. The molecular formula is C13H16FNO2. The maximum Gasteiger partial charge on any atom is 0.256 e. The molecule has 17 heavy (non-hydrogen) atoms. The number of piperidine rings is 1. The third-order valence-corrected chi connectivity index (χ3v) is 3.25. The Kier molecular flexibility index (Phi) is 3.43. The maximum absolute atomic E-state index is 13.5. The Bertz CT molecular complexity index is 422. The highest BCUT2D eigenvalue weighted by Crippen LogP contribution is 2.19. The minimum atomic E-state index is -0.490. The van der Waals surface area contributed by atoms with Crippen LogP contribution >= 0.6 is 0 Å². The van der Waals surface area contributed by atoms with Gasteiger partial charge >= 0.3 is 0 Å². The Morgan fingerprint density at radius 2 is 2.18 bits per heavy atom. The first-order valence-corrected chi connectivity index (χ1v) is 5.81. The fourth-order valence-electron chi connectivity index (χ4n) is 2.12. The lowest BCUT2D eigenvalue weighted by Gasteiger charge is -2.34. The van der Waals surface area contributed by atoms with Gasteiger partial charge in [0.15, 0.2) is 0 Å². The van der Waals surface area contributed by atoms with E-state index in [4.69, 9.17) is 0 Å². The number of halogens is 1. The summed E-state index contributed by atoms with van der Waals surface area (Å²) in [7, 11) is 0. The van der Waals surface area contributed by atoms with Gasteiger partial charge in [0.1, 0.15) is 5.82 Å². The number of hydrogen-bond donors (Lipinski definition) is 1. The van der Waals surface area contributed by atoms with Gasteiger partial charge in [0.2, 0.25) is 0 Å². The molecule has 3 nitrogen and oxygen atoms in total. The number of carbonyl (C=O) groups excluding carboxylic acids is 1. The summed E-state index contributed by atoms with van der Waals surface area (Å²) in [5.41, 5.74) is 0.107. The van der Waals surface area contributed by atoms with Gasteiger partial charge in [-0.15, -0.1) is 0 Å². The van der Waals surface area contributed by atoms with Crippen molar-refractivity contribution in [2.24, 2.45) is 5.92 Å². The van der Waals surface area contributed by atoms with Gasteiger partial charge in [0, 0.05) is 13.1 Å². The van der Waals surface area contributed by atoms with Crippen LogP contribution in [0.4, 0.5) is 4.39 Å². The van der Waals surface area contributed by atoms with Crippen molar-refractivity contribution in [2.45, 2.75) is 19.4 Å². The Hall–Kier alpha value is -1.42. The first-order valence-electron chi connectivity index (χ1n) is 5.81. The van der Waals surface area contributed by atoms with Gasteiger partial charge in [0.25, 0.3) is 5.91 Å². The first kappa shape index (κ1) is 12.0. The largest absolute Gasteiger partial charge is 0.393 e. The van der Waals surface area contributed by atoms with Crippen molar-refractivity contribution in [1.29, 1.82) is 0 Å². The van der Waals surface area contributed by atoms with Gasteiger partial charge in [-0.1, -0.05) is 19.1 Å². The molecule has 1 saturated heterocycles. The number of aliphatic hydroxyl groups is 1. The molecule has 4 heteroatoms. The second-order valence-electron chi connectivity index (χ2n) is 4.56. The van der Waals surface area contributed by atoms with E-state index in [2.05, 4.69) is 0 Å². The molecule has 1 fully saturated rings. The quantitative estimate of drug-likeness (QED) is 0.807. The second-order valence-corrected chi connectivity index (χ2v) is 4.56. The summed E-state index contributed by atoms with van der Waals surface area (Å²) < 4.78 is 13.5. The minimum Gasteiger partial charge on any atom is -0.393 e. The van der Waals surface area contributed by atoms with Crippen LogP contribution in [0.25, 0.3) is 0 Å². The molecule has 1 aliphatic rings. The Morgan fingerprint density at radius 3 is 2.82 bits per heavy atom. The summed E-state index contributed by atoms with van der Waals surface area (Å²) >= 11 is 0. The first-order chi connectivity index (χ1) is 8.09. The van der Waals surface area contributed by atoms with Crippen molar-refractivity contribution >= 4 is 5.91 Å². The van der Waals surface area contributed by atoms with Crippen LogP contribution in [0.1, 0.15) is 23.7 Å². The van der Waals surface area contributed by atoms with E-state index < -0.39 is 5.82 Å². The summed E-state index contributed by atoms with van der Waals surface area (Å²) in [5, 5.41) is 9.59. The van der Waals surface area contributed by atoms with Crippen LogP contribution in [0.3, 0.4) is 0 Å². The van der Waals surface area contributed by atoms with E-state index in [1.54, 1.807) is 17.0 Å². The molecule has 2 atom stereocenters. The third-order valence-electron chi connectivity index (χ3n) is 3.25. The van der Waals surface area contributed by atoms with Crippen molar-refractivity contribution in [1.82, 2.24) is 4.90 Å². The van der Waals surface area contributed by atoms with Crippen LogP contribution in [-0.2, 0) is 0 Å². The van der Waals surface area contributed by atoms with E-state index >= 15 is 0 Å². The smallest absolute Gasteiger partial charge is 0.256 e. The highest BCUT2D eigenvalue weighted by molar-refractivity contribution is 5.94. The van der Waals surface area contributed by atoms with Crippen LogP contribution in [-0.4, -0.2) is 35.1 Å². The molecule has 0 radical (unpaired) electrons. The second kappa shape index (κ2) is 4.84. The number of nitrogens with zero attached hydrogens (tertiary/aromatic N) is 1. The van der Waals surface area contributed by atoms with Crippen LogP contribution < -0.4 is 0 Å². The summed E-state index contributed by atoms with van der Waals surface area (Å²) in [6.45, 7) is 2.86. The number of rotatable bonds is 1. The summed E-state index contributed by atoms with van der Waals surface area (Å²) in [6.07, 6.45) is 0.195. The Balaban J connectivity index is 2.14. The zero-order valence-corrected chi connectivity index (χ0v) is 9.77. The predicted molar refractivity (Wildman–Crippen MR) is 62.1 cm³/mol. The van der Waals surface area contributed by atoms with E-state index in [9.17, 15) is 14.3 Å². The molecule has 0 bridgehead atoms. The predicted octanol–water partition coefficient (Wildman–Crippen LogP) is 1.67. The normalized spacial score (nSPS) is 24.8. The number of hydrogen-bond acceptors (Lipinski definition) is 2. The van der Waals surface area contributed by atoms with E-state index in [1.165, 1.54) is 12.1 Å². The molecule has 0 aromatic heterocycles. The molecule has 0 spiro atoms. The summed E-state index contributed by atoms with van der Waals surface area (Å²) in [4.78, 5) is 13.7. The highest BCUT2D eigenvalue weighted by Gasteiger charge is 2.28. The number of carbonyl (C=O) groups is 1. The zero-order valence-electron chi connectivity index (χ0n) is 9.77. The summed E-state index contributed by atoms with van der Waals surface area (Å²) in [5.74, 6) is -0.738. The zero-order chi connectivity index (χ0) is 12.4. The molecule has 1 aliphatic heterocycles. The van der Waals surface area contributed by atoms with E-state index in [-0.39, 0.29) is 23.5 Å².